The van der Waals surface area contributed by atoms with Crippen LogP contribution in [-0.4, -0.2) is 16.2 Å². The second-order valence-electron chi connectivity index (χ2n) is 6.71. The van der Waals surface area contributed by atoms with E-state index in [1.54, 1.807) is 0 Å². The van der Waals surface area contributed by atoms with E-state index in [0.717, 1.165) is 16.7 Å². The zero-order chi connectivity index (χ0) is 20.6. The van der Waals surface area contributed by atoms with Crippen molar-refractivity contribution in [2.45, 2.75) is 33.4 Å². The van der Waals surface area contributed by atoms with Crippen LogP contribution in [0.3, 0.4) is 0 Å². The number of nitrogens with zero attached hydrogens (tertiary/aromatic N) is 1. The van der Waals surface area contributed by atoms with Crippen molar-refractivity contribution < 1.29 is 4.74 Å². The van der Waals surface area contributed by atoms with Crippen LogP contribution in [0, 0.1) is 18.8 Å². The molecule has 0 spiro atoms. The van der Waals surface area contributed by atoms with E-state index < -0.39 is 5.69 Å². The Balaban J connectivity index is 1.84. The van der Waals surface area contributed by atoms with E-state index in [1.165, 1.54) is 4.57 Å². The first-order valence-electron chi connectivity index (χ1n) is 9.61. The average Bonchev–Trinajstić information content (AvgIpc) is 2.72. The van der Waals surface area contributed by atoms with Gasteiger partial charge in [0.1, 0.15) is 13.3 Å². The quantitative estimate of drug-likeness (QED) is 0.522. The molecule has 0 bridgehead atoms. The molecule has 3 rings (SSSR count). The van der Waals surface area contributed by atoms with Gasteiger partial charge in [-0.05, 0) is 36.6 Å². The number of rotatable bonds is 6. The number of hydrogen-bond acceptors (Lipinski definition) is 3. The highest BCUT2D eigenvalue weighted by molar-refractivity contribution is 5.34. The van der Waals surface area contributed by atoms with Crippen LogP contribution in [0.1, 0.15) is 34.9 Å². The molecule has 0 aliphatic carbocycles. The Morgan fingerprint density at radius 1 is 1.03 bits per heavy atom. The van der Waals surface area contributed by atoms with Gasteiger partial charge in [-0.2, -0.15) is 0 Å². The van der Waals surface area contributed by atoms with Crippen molar-refractivity contribution in [1.29, 1.82) is 0 Å². The highest BCUT2D eigenvalue weighted by atomic mass is 16.5. The number of ether oxygens (including phenoxy) is 1. The van der Waals surface area contributed by atoms with Crippen LogP contribution < -0.4 is 11.2 Å². The molecular formula is C24H24N2O3. The van der Waals surface area contributed by atoms with E-state index in [4.69, 9.17) is 4.74 Å². The molecule has 29 heavy (non-hydrogen) atoms. The molecule has 0 saturated heterocycles. The van der Waals surface area contributed by atoms with Crippen molar-refractivity contribution in [2.75, 3.05) is 6.61 Å². The van der Waals surface area contributed by atoms with Gasteiger partial charge in [-0.15, -0.1) is 0 Å². The van der Waals surface area contributed by atoms with E-state index in [0.29, 0.717) is 24.1 Å². The molecule has 1 N–H and O–H groups in total. The lowest BCUT2D eigenvalue weighted by Crippen LogP contribution is -2.36. The smallest absolute Gasteiger partial charge is 0.330 e. The summed E-state index contributed by atoms with van der Waals surface area (Å²) in [5, 5.41) is 0. The summed E-state index contributed by atoms with van der Waals surface area (Å²) in [6.45, 7) is 4.15. The first-order chi connectivity index (χ1) is 14.1. The highest BCUT2D eigenvalue weighted by Gasteiger charge is 2.15. The molecule has 148 valence electrons. The van der Waals surface area contributed by atoms with E-state index in [-0.39, 0.29) is 18.9 Å². The predicted molar refractivity (Wildman–Crippen MR) is 114 cm³/mol. The summed E-state index contributed by atoms with van der Waals surface area (Å²) >= 11 is 0. The van der Waals surface area contributed by atoms with Gasteiger partial charge in [0.05, 0.1) is 0 Å². The Labute approximate surface area is 170 Å². The standard InChI is InChI=1S/C24H24N2O3/c1-3-21-22(16-20-14-8-7-10-18(20)2)26(24(28)25-23(21)27)17-29-15-9-13-19-11-5-4-6-12-19/h4-8,10-12,14H,3,15-17H2,1-2H3,(H,25,27,28). The number of hydrogen-bond donors (Lipinski definition) is 1. The molecule has 5 heteroatoms. The van der Waals surface area contributed by atoms with Gasteiger partial charge in [0.15, 0.2) is 0 Å². The molecule has 0 atom stereocenters. The Bertz CT molecular complexity index is 1150. The third kappa shape index (κ3) is 5.13. The van der Waals surface area contributed by atoms with Crippen molar-refractivity contribution in [3.63, 3.8) is 0 Å². The van der Waals surface area contributed by atoms with Crippen LogP contribution in [0.15, 0.2) is 64.2 Å². The van der Waals surface area contributed by atoms with Gasteiger partial charge in [0.25, 0.3) is 5.56 Å². The van der Waals surface area contributed by atoms with Gasteiger partial charge in [-0.25, -0.2) is 4.79 Å². The molecule has 1 heterocycles. The lowest BCUT2D eigenvalue weighted by Gasteiger charge is -2.16. The molecule has 0 saturated carbocycles. The van der Waals surface area contributed by atoms with Gasteiger partial charge in [0.2, 0.25) is 0 Å². The van der Waals surface area contributed by atoms with Gasteiger partial charge in [-0.3, -0.25) is 14.3 Å². The van der Waals surface area contributed by atoms with E-state index in [9.17, 15) is 9.59 Å². The fourth-order valence-corrected chi connectivity index (χ4v) is 3.20. The fourth-order valence-electron chi connectivity index (χ4n) is 3.20. The van der Waals surface area contributed by atoms with Crippen molar-refractivity contribution in [3.8, 4) is 11.8 Å². The zero-order valence-corrected chi connectivity index (χ0v) is 16.7. The average molecular weight is 388 g/mol. The first kappa shape index (κ1) is 20.4. The lowest BCUT2D eigenvalue weighted by molar-refractivity contribution is 0.0980. The van der Waals surface area contributed by atoms with Crippen molar-refractivity contribution in [1.82, 2.24) is 9.55 Å². The number of H-pyrrole nitrogens is 1. The maximum absolute atomic E-state index is 12.5. The SMILES string of the molecule is CCc1c(Cc2ccccc2C)n(COCC#Cc2ccccc2)c(=O)[nH]c1=O. The first-order valence-corrected chi connectivity index (χ1v) is 9.61. The van der Waals surface area contributed by atoms with Crippen LogP contribution in [0.25, 0.3) is 0 Å². The van der Waals surface area contributed by atoms with Gasteiger partial charge in [-0.1, -0.05) is 61.2 Å². The highest BCUT2D eigenvalue weighted by Crippen LogP contribution is 2.15. The van der Waals surface area contributed by atoms with Crippen LogP contribution in [-0.2, 0) is 24.3 Å². The zero-order valence-electron chi connectivity index (χ0n) is 16.7. The van der Waals surface area contributed by atoms with Gasteiger partial charge in [0, 0.05) is 23.2 Å². The summed E-state index contributed by atoms with van der Waals surface area (Å²) in [5.41, 5.74) is 3.59. The minimum Gasteiger partial charge on any atom is -0.348 e. The third-order valence-electron chi connectivity index (χ3n) is 4.79. The van der Waals surface area contributed by atoms with E-state index in [1.807, 2.05) is 68.4 Å². The second kappa shape index (κ2) is 9.72. The van der Waals surface area contributed by atoms with E-state index in [2.05, 4.69) is 16.8 Å². The maximum atomic E-state index is 12.5. The summed E-state index contributed by atoms with van der Waals surface area (Å²) in [6.07, 6.45) is 1.03. The predicted octanol–water partition coefficient (Wildman–Crippen LogP) is 3.02. The summed E-state index contributed by atoms with van der Waals surface area (Å²) in [7, 11) is 0. The molecule has 0 aliphatic heterocycles. The summed E-state index contributed by atoms with van der Waals surface area (Å²) < 4.78 is 7.13. The lowest BCUT2D eigenvalue weighted by atomic mass is 10.0. The number of aryl methyl sites for hydroxylation is 1. The molecular weight excluding hydrogens is 364 g/mol. The molecule has 0 fully saturated rings. The van der Waals surface area contributed by atoms with Crippen LogP contribution in [0.5, 0.6) is 0 Å². The van der Waals surface area contributed by atoms with Crippen LogP contribution in [0.4, 0.5) is 0 Å². The fraction of sp³-hybridized carbons (Fsp3) is 0.250. The minimum absolute atomic E-state index is 0.0350. The van der Waals surface area contributed by atoms with Crippen molar-refractivity contribution in [2.24, 2.45) is 0 Å². The van der Waals surface area contributed by atoms with Crippen LogP contribution >= 0.6 is 0 Å². The topological polar surface area (TPSA) is 64.1 Å². The summed E-state index contributed by atoms with van der Waals surface area (Å²) in [4.78, 5) is 27.2. The van der Waals surface area contributed by atoms with Crippen molar-refractivity contribution >= 4 is 0 Å². The molecule has 5 nitrogen and oxygen atoms in total. The Morgan fingerprint density at radius 3 is 2.48 bits per heavy atom. The van der Waals surface area contributed by atoms with Gasteiger partial charge < -0.3 is 4.74 Å². The summed E-state index contributed by atoms with van der Waals surface area (Å²) in [6, 6.07) is 17.6. The molecule has 1 aromatic heterocycles. The molecule has 0 aliphatic rings. The number of aromatic amines is 1. The largest absolute Gasteiger partial charge is 0.348 e. The number of nitrogens with one attached hydrogen (secondary N) is 1. The molecule has 0 amide bonds. The number of aromatic nitrogens is 2. The Hall–Kier alpha value is -3.36. The monoisotopic (exact) mass is 388 g/mol. The third-order valence-corrected chi connectivity index (χ3v) is 4.79. The van der Waals surface area contributed by atoms with Crippen LogP contribution in [0.2, 0.25) is 0 Å². The second-order valence-corrected chi connectivity index (χ2v) is 6.71. The van der Waals surface area contributed by atoms with Gasteiger partial charge >= 0.3 is 5.69 Å². The molecule has 0 unspecified atom stereocenters. The molecule has 3 aromatic rings. The number of benzene rings is 2. The maximum Gasteiger partial charge on any atom is 0.330 e. The normalized spacial score (nSPS) is 10.4. The molecule has 0 radical (unpaired) electrons. The minimum atomic E-state index is -0.466. The van der Waals surface area contributed by atoms with E-state index >= 15 is 0 Å². The van der Waals surface area contributed by atoms with Crippen molar-refractivity contribution in [3.05, 3.63) is 103 Å². The summed E-state index contributed by atoms with van der Waals surface area (Å²) in [5.74, 6) is 5.97. The molecule has 2 aromatic carbocycles. The Kier molecular flexibility index (Phi) is 6.83. The Morgan fingerprint density at radius 2 is 1.76 bits per heavy atom.